The van der Waals surface area contributed by atoms with Crippen LogP contribution in [0.15, 0.2) is 12.2 Å². The van der Waals surface area contributed by atoms with Crippen LogP contribution >= 0.6 is 0 Å². The van der Waals surface area contributed by atoms with Crippen molar-refractivity contribution in [3.8, 4) is 0 Å². The second-order valence-electron chi connectivity index (χ2n) is 5.78. The van der Waals surface area contributed by atoms with Crippen molar-refractivity contribution >= 4 is 5.97 Å². The third kappa shape index (κ3) is 3.57. The van der Waals surface area contributed by atoms with E-state index in [0.29, 0.717) is 18.1 Å². The third-order valence-corrected chi connectivity index (χ3v) is 4.05. The number of rotatable bonds is 4. The molecule has 2 atom stereocenters. The van der Waals surface area contributed by atoms with Crippen molar-refractivity contribution < 1.29 is 19.0 Å². The number of carbonyl (C=O) groups is 1. The lowest BCUT2D eigenvalue weighted by molar-refractivity contribution is -0.201. The van der Waals surface area contributed by atoms with Crippen LogP contribution in [0.2, 0.25) is 0 Å². The number of hydrogen-bond donors (Lipinski definition) is 0. The van der Waals surface area contributed by atoms with Gasteiger partial charge in [-0.25, -0.2) is 4.79 Å². The molecule has 1 saturated heterocycles. The van der Waals surface area contributed by atoms with Gasteiger partial charge in [0.1, 0.15) is 12.7 Å². The summed E-state index contributed by atoms with van der Waals surface area (Å²) >= 11 is 0. The van der Waals surface area contributed by atoms with E-state index in [-0.39, 0.29) is 18.7 Å². The second kappa shape index (κ2) is 6.06. The Balaban J connectivity index is 1.81. The molecule has 1 saturated carbocycles. The highest BCUT2D eigenvalue weighted by molar-refractivity contribution is 5.86. The molecular formula is C15H24O4. The van der Waals surface area contributed by atoms with Crippen LogP contribution in [-0.2, 0) is 19.0 Å². The standard InChI is InChI=1S/C15H24O4/c1-11(2)14(16)17-9-13-10-18-15(3,19-13)12-7-5-4-6-8-12/h12-13H,1,4-10H2,2-3H3. The lowest BCUT2D eigenvalue weighted by Crippen LogP contribution is -2.38. The average Bonchev–Trinajstić information content (AvgIpc) is 2.80. The number of carbonyl (C=O) groups excluding carboxylic acids is 1. The fourth-order valence-corrected chi connectivity index (χ4v) is 2.87. The van der Waals surface area contributed by atoms with E-state index in [9.17, 15) is 4.79 Å². The molecule has 0 aromatic rings. The van der Waals surface area contributed by atoms with Crippen molar-refractivity contribution in [2.75, 3.05) is 13.2 Å². The van der Waals surface area contributed by atoms with Gasteiger partial charge in [-0.15, -0.1) is 0 Å². The molecule has 0 aromatic heterocycles. The predicted octanol–water partition coefficient (Wildman–Crippen LogP) is 2.82. The highest BCUT2D eigenvalue weighted by atomic mass is 16.8. The fraction of sp³-hybridized carbons (Fsp3) is 0.800. The van der Waals surface area contributed by atoms with Crippen molar-refractivity contribution in [1.82, 2.24) is 0 Å². The summed E-state index contributed by atoms with van der Waals surface area (Å²) in [5.41, 5.74) is 0.411. The van der Waals surface area contributed by atoms with Gasteiger partial charge < -0.3 is 14.2 Å². The minimum Gasteiger partial charge on any atom is -0.459 e. The van der Waals surface area contributed by atoms with E-state index in [0.717, 1.165) is 12.8 Å². The molecule has 0 spiro atoms. The molecule has 0 N–H and O–H groups in total. The van der Waals surface area contributed by atoms with Crippen LogP contribution in [-0.4, -0.2) is 31.1 Å². The SMILES string of the molecule is C=C(C)C(=O)OCC1COC(C)(C2CCCCC2)O1. The molecule has 2 aliphatic rings. The molecular weight excluding hydrogens is 244 g/mol. The summed E-state index contributed by atoms with van der Waals surface area (Å²) in [4.78, 5) is 11.3. The van der Waals surface area contributed by atoms with E-state index < -0.39 is 5.79 Å². The largest absolute Gasteiger partial charge is 0.459 e. The van der Waals surface area contributed by atoms with Crippen LogP contribution in [0.3, 0.4) is 0 Å². The first-order chi connectivity index (χ1) is 9.01. The minimum atomic E-state index is -0.499. The van der Waals surface area contributed by atoms with Gasteiger partial charge in [-0.3, -0.25) is 0 Å². The first kappa shape index (κ1) is 14.5. The number of esters is 1. The van der Waals surface area contributed by atoms with Gasteiger partial charge in [0.2, 0.25) is 0 Å². The summed E-state index contributed by atoms with van der Waals surface area (Å²) in [5.74, 6) is -0.404. The van der Waals surface area contributed by atoms with Gasteiger partial charge in [-0.1, -0.05) is 25.8 Å². The Morgan fingerprint density at radius 3 is 2.68 bits per heavy atom. The van der Waals surface area contributed by atoms with E-state index in [1.807, 2.05) is 6.92 Å². The number of ether oxygens (including phenoxy) is 3. The molecule has 0 bridgehead atoms. The van der Waals surface area contributed by atoms with Crippen LogP contribution in [0.1, 0.15) is 46.0 Å². The Labute approximate surface area is 115 Å². The minimum absolute atomic E-state index is 0.157. The van der Waals surface area contributed by atoms with Crippen LogP contribution in [0.5, 0.6) is 0 Å². The third-order valence-electron chi connectivity index (χ3n) is 4.05. The maximum absolute atomic E-state index is 11.3. The molecule has 4 nitrogen and oxygen atoms in total. The van der Waals surface area contributed by atoms with Gasteiger partial charge in [0, 0.05) is 11.5 Å². The van der Waals surface area contributed by atoms with Gasteiger partial charge in [0.05, 0.1) is 6.61 Å². The molecule has 0 aromatic carbocycles. The highest BCUT2D eigenvalue weighted by Crippen LogP contribution is 2.39. The summed E-state index contributed by atoms with van der Waals surface area (Å²) < 4.78 is 17.0. The molecule has 0 amide bonds. The summed E-state index contributed by atoms with van der Waals surface area (Å²) in [6.45, 7) is 7.95. The maximum atomic E-state index is 11.3. The first-order valence-corrected chi connectivity index (χ1v) is 7.15. The summed E-state index contributed by atoms with van der Waals surface area (Å²) in [6.07, 6.45) is 5.98. The molecule has 2 rings (SSSR count). The van der Waals surface area contributed by atoms with Crippen molar-refractivity contribution in [3.05, 3.63) is 12.2 Å². The quantitative estimate of drug-likeness (QED) is 0.581. The zero-order valence-electron chi connectivity index (χ0n) is 11.9. The molecule has 108 valence electrons. The van der Waals surface area contributed by atoms with Crippen molar-refractivity contribution in [3.63, 3.8) is 0 Å². The molecule has 1 heterocycles. The molecule has 0 radical (unpaired) electrons. The molecule has 4 heteroatoms. The zero-order valence-corrected chi connectivity index (χ0v) is 11.9. The van der Waals surface area contributed by atoms with Crippen LogP contribution in [0.4, 0.5) is 0 Å². The van der Waals surface area contributed by atoms with Crippen molar-refractivity contribution in [2.24, 2.45) is 5.92 Å². The summed E-state index contributed by atoms with van der Waals surface area (Å²) in [5, 5.41) is 0. The van der Waals surface area contributed by atoms with E-state index in [4.69, 9.17) is 14.2 Å². The lowest BCUT2D eigenvalue weighted by atomic mass is 9.84. The predicted molar refractivity (Wildman–Crippen MR) is 71.6 cm³/mol. The normalized spacial score (nSPS) is 32.2. The van der Waals surface area contributed by atoms with Crippen molar-refractivity contribution in [2.45, 2.75) is 57.8 Å². The Hall–Kier alpha value is -0.870. The smallest absolute Gasteiger partial charge is 0.333 e. The Morgan fingerprint density at radius 2 is 2.05 bits per heavy atom. The molecule has 19 heavy (non-hydrogen) atoms. The summed E-state index contributed by atoms with van der Waals surface area (Å²) in [6, 6.07) is 0. The van der Waals surface area contributed by atoms with Crippen LogP contribution in [0, 0.1) is 5.92 Å². The van der Waals surface area contributed by atoms with E-state index in [2.05, 4.69) is 6.58 Å². The Bertz CT molecular complexity index is 346. The maximum Gasteiger partial charge on any atom is 0.333 e. The average molecular weight is 268 g/mol. The topological polar surface area (TPSA) is 44.8 Å². The first-order valence-electron chi connectivity index (χ1n) is 7.15. The lowest BCUT2D eigenvalue weighted by Gasteiger charge is -2.35. The fourth-order valence-electron chi connectivity index (χ4n) is 2.87. The van der Waals surface area contributed by atoms with Gasteiger partial charge in [0.25, 0.3) is 0 Å². The molecule has 1 aliphatic heterocycles. The van der Waals surface area contributed by atoms with Crippen LogP contribution < -0.4 is 0 Å². The van der Waals surface area contributed by atoms with Gasteiger partial charge in [-0.2, -0.15) is 0 Å². The number of hydrogen-bond acceptors (Lipinski definition) is 4. The van der Waals surface area contributed by atoms with E-state index in [1.54, 1.807) is 6.92 Å². The Morgan fingerprint density at radius 1 is 1.37 bits per heavy atom. The second-order valence-corrected chi connectivity index (χ2v) is 5.78. The van der Waals surface area contributed by atoms with E-state index >= 15 is 0 Å². The van der Waals surface area contributed by atoms with Crippen molar-refractivity contribution in [1.29, 1.82) is 0 Å². The van der Waals surface area contributed by atoms with Crippen LogP contribution in [0.25, 0.3) is 0 Å². The van der Waals surface area contributed by atoms with E-state index in [1.165, 1.54) is 19.3 Å². The van der Waals surface area contributed by atoms with Gasteiger partial charge in [-0.05, 0) is 26.7 Å². The molecule has 1 aliphatic carbocycles. The monoisotopic (exact) mass is 268 g/mol. The Kier molecular flexibility index (Phi) is 4.63. The van der Waals surface area contributed by atoms with Gasteiger partial charge >= 0.3 is 5.97 Å². The zero-order chi connectivity index (χ0) is 13.9. The van der Waals surface area contributed by atoms with Gasteiger partial charge in [0.15, 0.2) is 5.79 Å². The highest BCUT2D eigenvalue weighted by Gasteiger charge is 2.44. The molecule has 2 fully saturated rings. The molecule has 2 unspecified atom stereocenters. The summed E-state index contributed by atoms with van der Waals surface area (Å²) in [7, 11) is 0.